The summed E-state index contributed by atoms with van der Waals surface area (Å²) in [6, 6.07) is 7.01. The molecule has 10 heteroatoms. The molecule has 0 bridgehead atoms. The molecule has 182 valence electrons. The van der Waals surface area contributed by atoms with Gasteiger partial charge in [0.2, 0.25) is 5.91 Å². The number of benzene rings is 1. The first-order valence-corrected chi connectivity index (χ1v) is 11.4. The van der Waals surface area contributed by atoms with Crippen molar-refractivity contribution in [3.8, 4) is 11.5 Å². The van der Waals surface area contributed by atoms with Crippen LogP contribution < -0.4 is 20.1 Å². The molecule has 1 saturated carbocycles. The second-order valence-electron chi connectivity index (χ2n) is 9.00. The molecule has 1 unspecified atom stereocenters. The Hall–Kier alpha value is -3.56. The van der Waals surface area contributed by atoms with Crippen molar-refractivity contribution in [3.63, 3.8) is 0 Å². The van der Waals surface area contributed by atoms with Crippen LogP contribution in [0.1, 0.15) is 59.1 Å². The van der Waals surface area contributed by atoms with Crippen LogP contribution in [0.2, 0.25) is 0 Å². The van der Waals surface area contributed by atoms with Crippen molar-refractivity contribution >= 4 is 17.7 Å². The van der Waals surface area contributed by atoms with Gasteiger partial charge in [0.25, 0.3) is 11.8 Å². The number of carbonyl (C=O) groups is 3. The van der Waals surface area contributed by atoms with Gasteiger partial charge >= 0.3 is 0 Å². The molecule has 0 saturated heterocycles. The maximum Gasteiger partial charge on any atom is 0.272 e. The summed E-state index contributed by atoms with van der Waals surface area (Å²) in [7, 11) is 4.70. The predicted molar refractivity (Wildman–Crippen MR) is 124 cm³/mol. The van der Waals surface area contributed by atoms with Crippen LogP contribution in [0.5, 0.6) is 11.5 Å². The monoisotopic (exact) mass is 469 g/mol. The Morgan fingerprint density at radius 3 is 2.62 bits per heavy atom. The largest absolute Gasteiger partial charge is 0.493 e. The number of fused-ring (bicyclic) bond motifs is 1. The van der Waals surface area contributed by atoms with Gasteiger partial charge in [0.05, 0.1) is 20.8 Å². The van der Waals surface area contributed by atoms with Gasteiger partial charge in [-0.05, 0) is 25.8 Å². The van der Waals surface area contributed by atoms with Crippen molar-refractivity contribution in [1.29, 1.82) is 0 Å². The van der Waals surface area contributed by atoms with Crippen LogP contribution in [0.4, 0.5) is 0 Å². The number of nitrogens with zero attached hydrogens (tertiary/aromatic N) is 3. The summed E-state index contributed by atoms with van der Waals surface area (Å²) < 4.78 is 12.2. The lowest BCUT2D eigenvalue weighted by Gasteiger charge is -2.41. The van der Waals surface area contributed by atoms with Gasteiger partial charge in [0, 0.05) is 31.3 Å². The summed E-state index contributed by atoms with van der Waals surface area (Å²) in [4.78, 5) is 40.5. The third kappa shape index (κ3) is 4.20. The molecule has 0 radical (unpaired) electrons. The molecule has 1 aromatic heterocycles. The number of para-hydroxylation sites is 1. The SMILES string of the molecule is COc1cccc(CNC(=O)c2cc3n(n2)CC(C)(C(=O)NC2CCCC2)N(C)C3=O)c1OC. The third-order valence-corrected chi connectivity index (χ3v) is 6.84. The Balaban J connectivity index is 1.50. The maximum atomic E-state index is 13.1. The van der Waals surface area contributed by atoms with E-state index in [2.05, 4.69) is 15.7 Å². The smallest absolute Gasteiger partial charge is 0.272 e. The van der Waals surface area contributed by atoms with Gasteiger partial charge in [0.15, 0.2) is 17.2 Å². The second kappa shape index (κ2) is 9.36. The third-order valence-electron chi connectivity index (χ3n) is 6.84. The number of hydrogen-bond donors (Lipinski definition) is 2. The van der Waals surface area contributed by atoms with E-state index in [0.29, 0.717) is 11.5 Å². The van der Waals surface area contributed by atoms with Crippen molar-refractivity contribution in [1.82, 2.24) is 25.3 Å². The highest BCUT2D eigenvalue weighted by atomic mass is 16.5. The molecule has 2 aliphatic rings. The Labute approximate surface area is 198 Å². The minimum atomic E-state index is -1.10. The number of likely N-dealkylation sites (N-methyl/N-ethyl adjacent to an activating group) is 1. The highest BCUT2D eigenvalue weighted by Gasteiger charge is 2.46. The Kier molecular flexibility index (Phi) is 6.49. The molecule has 34 heavy (non-hydrogen) atoms. The van der Waals surface area contributed by atoms with E-state index < -0.39 is 11.4 Å². The number of carbonyl (C=O) groups excluding carboxylic acids is 3. The fraction of sp³-hybridized carbons (Fsp3) is 0.500. The molecule has 3 amide bonds. The Morgan fingerprint density at radius 2 is 1.94 bits per heavy atom. The molecule has 10 nitrogen and oxygen atoms in total. The van der Waals surface area contributed by atoms with Crippen LogP contribution in [0.25, 0.3) is 0 Å². The fourth-order valence-electron chi connectivity index (χ4n) is 4.61. The molecule has 2 heterocycles. The lowest BCUT2D eigenvalue weighted by atomic mass is 9.95. The van der Waals surface area contributed by atoms with Crippen LogP contribution in [0.3, 0.4) is 0 Å². The number of hydrogen-bond acceptors (Lipinski definition) is 6. The first kappa shape index (κ1) is 23.6. The van der Waals surface area contributed by atoms with E-state index in [1.165, 1.54) is 22.8 Å². The van der Waals surface area contributed by atoms with E-state index in [0.717, 1.165) is 31.2 Å². The molecule has 1 aliphatic heterocycles. The van der Waals surface area contributed by atoms with Crippen LogP contribution in [-0.2, 0) is 17.9 Å². The first-order chi connectivity index (χ1) is 16.3. The van der Waals surface area contributed by atoms with Gasteiger partial charge in [-0.25, -0.2) is 0 Å². The van der Waals surface area contributed by atoms with Crippen molar-refractivity contribution in [2.24, 2.45) is 0 Å². The van der Waals surface area contributed by atoms with E-state index in [-0.39, 0.29) is 42.3 Å². The van der Waals surface area contributed by atoms with Gasteiger partial charge in [-0.3, -0.25) is 19.1 Å². The van der Waals surface area contributed by atoms with E-state index in [9.17, 15) is 14.4 Å². The minimum absolute atomic E-state index is 0.110. The number of nitrogens with one attached hydrogen (secondary N) is 2. The standard InChI is InChI=1S/C24H31N5O5/c1-24(23(32)26-16-9-5-6-10-16)14-29-18(22(31)28(24)2)12-17(27-29)21(30)25-13-15-8-7-11-19(33-3)20(15)34-4/h7-8,11-12,16H,5-6,9-10,13-14H2,1-4H3,(H,25,30)(H,26,32). The Morgan fingerprint density at radius 1 is 1.21 bits per heavy atom. The van der Waals surface area contributed by atoms with Crippen molar-refractivity contribution in [2.75, 3.05) is 21.3 Å². The summed E-state index contributed by atoms with van der Waals surface area (Å²) in [6.07, 6.45) is 4.10. The van der Waals surface area contributed by atoms with E-state index in [4.69, 9.17) is 9.47 Å². The van der Waals surface area contributed by atoms with Crippen LogP contribution in [0.15, 0.2) is 24.3 Å². The average molecular weight is 470 g/mol. The number of methoxy groups -OCH3 is 2. The molecular weight excluding hydrogens is 438 g/mol. The minimum Gasteiger partial charge on any atom is -0.493 e. The van der Waals surface area contributed by atoms with Gasteiger partial charge in [0.1, 0.15) is 11.2 Å². The lowest BCUT2D eigenvalue weighted by molar-refractivity contribution is -0.133. The number of amides is 3. The van der Waals surface area contributed by atoms with E-state index in [1.54, 1.807) is 27.1 Å². The summed E-state index contributed by atoms with van der Waals surface area (Å²) in [5, 5.41) is 10.3. The quantitative estimate of drug-likeness (QED) is 0.638. The molecule has 0 spiro atoms. The summed E-state index contributed by atoms with van der Waals surface area (Å²) in [5.41, 5.74) is 0.0309. The highest BCUT2D eigenvalue weighted by Crippen LogP contribution is 2.31. The van der Waals surface area contributed by atoms with Crippen molar-refractivity contribution < 1.29 is 23.9 Å². The van der Waals surface area contributed by atoms with Crippen LogP contribution >= 0.6 is 0 Å². The summed E-state index contributed by atoms with van der Waals surface area (Å²) >= 11 is 0. The predicted octanol–water partition coefficient (Wildman–Crippen LogP) is 1.73. The second-order valence-corrected chi connectivity index (χ2v) is 9.00. The zero-order valence-corrected chi connectivity index (χ0v) is 20.0. The number of aromatic nitrogens is 2. The molecule has 1 aliphatic carbocycles. The highest BCUT2D eigenvalue weighted by molar-refractivity contribution is 6.01. The Bertz CT molecular complexity index is 1110. The first-order valence-electron chi connectivity index (χ1n) is 11.4. The summed E-state index contributed by atoms with van der Waals surface area (Å²) in [5.74, 6) is 0.119. The summed E-state index contributed by atoms with van der Waals surface area (Å²) in [6.45, 7) is 2.09. The van der Waals surface area contributed by atoms with Crippen molar-refractivity contribution in [3.05, 3.63) is 41.2 Å². The molecule has 1 fully saturated rings. The fourth-order valence-corrected chi connectivity index (χ4v) is 4.61. The van der Waals surface area contributed by atoms with Crippen LogP contribution in [-0.4, -0.2) is 65.2 Å². The number of rotatable bonds is 7. The molecule has 2 N–H and O–H groups in total. The maximum absolute atomic E-state index is 13.1. The zero-order valence-electron chi connectivity index (χ0n) is 20.0. The number of ether oxygens (including phenoxy) is 2. The molecular formula is C24H31N5O5. The van der Waals surface area contributed by atoms with Gasteiger partial charge in [-0.2, -0.15) is 5.10 Å². The average Bonchev–Trinajstić information content (AvgIpc) is 3.50. The van der Waals surface area contributed by atoms with E-state index in [1.807, 2.05) is 12.1 Å². The van der Waals surface area contributed by atoms with Gasteiger partial charge < -0.3 is 25.0 Å². The molecule has 2 aromatic rings. The van der Waals surface area contributed by atoms with Crippen LogP contribution in [0, 0.1) is 0 Å². The van der Waals surface area contributed by atoms with Gasteiger partial charge in [-0.1, -0.05) is 25.0 Å². The topological polar surface area (TPSA) is 115 Å². The molecule has 1 atom stereocenters. The van der Waals surface area contributed by atoms with Crippen molar-refractivity contribution in [2.45, 2.75) is 57.3 Å². The lowest BCUT2D eigenvalue weighted by Crippen LogP contribution is -2.63. The van der Waals surface area contributed by atoms with Gasteiger partial charge in [-0.15, -0.1) is 0 Å². The molecule has 4 rings (SSSR count). The molecule has 1 aromatic carbocycles. The zero-order chi connectivity index (χ0) is 24.5. The normalized spacial score (nSPS) is 20.1. The van der Waals surface area contributed by atoms with E-state index >= 15 is 0 Å².